The van der Waals surface area contributed by atoms with Crippen molar-refractivity contribution in [2.24, 2.45) is 0 Å². The lowest BCUT2D eigenvalue weighted by Crippen LogP contribution is -2.47. The second-order valence-corrected chi connectivity index (χ2v) is 5.22. The topological polar surface area (TPSA) is 46.6 Å². The summed E-state index contributed by atoms with van der Waals surface area (Å²) < 4.78 is 29.0. The SMILES string of the molecule is C=CCN(C(=O)OC(=O)C(F)(F)Br)C(C)(C)C. The number of rotatable bonds is 3. The van der Waals surface area contributed by atoms with E-state index in [2.05, 4.69) is 11.3 Å². The fraction of sp³-hybridized carbons (Fsp3) is 0.600. The largest absolute Gasteiger partial charge is 0.418 e. The first-order valence-electron chi connectivity index (χ1n) is 4.71. The van der Waals surface area contributed by atoms with Gasteiger partial charge in [0.25, 0.3) is 0 Å². The predicted molar refractivity (Wildman–Crippen MR) is 62.0 cm³/mol. The number of carbonyl (C=O) groups is 2. The van der Waals surface area contributed by atoms with E-state index < -0.39 is 22.4 Å². The Morgan fingerprint density at radius 2 is 1.88 bits per heavy atom. The zero-order valence-electron chi connectivity index (χ0n) is 9.80. The number of hydrogen-bond donors (Lipinski definition) is 0. The highest BCUT2D eigenvalue weighted by atomic mass is 79.9. The lowest BCUT2D eigenvalue weighted by atomic mass is 10.1. The lowest BCUT2D eigenvalue weighted by molar-refractivity contribution is -0.153. The van der Waals surface area contributed by atoms with Gasteiger partial charge in [-0.1, -0.05) is 6.08 Å². The molecule has 0 aromatic carbocycles. The molecule has 0 aliphatic carbocycles. The van der Waals surface area contributed by atoms with Crippen molar-refractivity contribution in [3.63, 3.8) is 0 Å². The summed E-state index contributed by atoms with van der Waals surface area (Å²) >= 11 is 1.81. The van der Waals surface area contributed by atoms with Crippen molar-refractivity contribution in [1.82, 2.24) is 4.90 Å². The van der Waals surface area contributed by atoms with Crippen LogP contribution in [0.4, 0.5) is 13.6 Å². The molecule has 0 unspecified atom stereocenters. The third kappa shape index (κ3) is 5.25. The highest BCUT2D eigenvalue weighted by Gasteiger charge is 2.40. The fourth-order valence-corrected chi connectivity index (χ4v) is 1.02. The number of hydrogen-bond acceptors (Lipinski definition) is 3. The number of carbonyl (C=O) groups excluding carboxylic acids is 2. The zero-order valence-corrected chi connectivity index (χ0v) is 11.4. The molecule has 0 bridgehead atoms. The molecule has 0 rings (SSSR count). The predicted octanol–water partition coefficient (Wildman–Crippen LogP) is 2.92. The van der Waals surface area contributed by atoms with Crippen molar-refractivity contribution in [2.45, 2.75) is 31.1 Å². The van der Waals surface area contributed by atoms with E-state index in [1.807, 2.05) is 15.9 Å². The van der Waals surface area contributed by atoms with Crippen LogP contribution in [0.3, 0.4) is 0 Å². The molecular weight excluding hydrogens is 300 g/mol. The molecule has 4 nitrogen and oxygen atoms in total. The van der Waals surface area contributed by atoms with Gasteiger partial charge >= 0.3 is 16.9 Å². The second kappa shape index (κ2) is 5.57. The van der Waals surface area contributed by atoms with E-state index in [9.17, 15) is 18.4 Å². The van der Waals surface area contributed by atoms with Crippen LogP contribution in [0.1, 0.15) is 20.8 Å². The van der Waals surface area contributed by atoms with E-state index in [-0.39, 0.29) is 6.54 Å². The first kappa shape index (κ1) is 16.0. The van der Waals surface area contributed by atoms with Crippen LogP contribution in [0.25, 0.3) is 0 Å². The maximum absolute atomic E-state index is 12.5. The Labute approximate surface area is 107 Å². The molecule has 0 heterocycles. The normalized spacial score (nSPS) is 11.9. The third-order valence-corrected chi connectivity index (χ3v) is 2.08. The van der Waals surface area contributed by atoms with E-state index in [0.717, 1.165) is 4.90 Å². The monoisotopic (exact) mass is 313 g/mol. The Morgan fingerprint density at radius 1 is 1.41 bits per heavy atom. The van der Waals surface area contributed by atoms with Crippen LogP contribution in [0, 0.1) is 0 Å². The molecule has 1 amide bonds. The second-order valence-electron chi connectivity index (χ2n) is 4.22. The molecule has 0 fully saturated rings. The van der Waals surface area contributed by atoms with Gasteiger partial charge in [0.05, 0.1) is 0 Å². The third-order valence-electron chi connectivity index (χ3n) is 1.75. The molecule has 0 N–H and O–H groups in total. The van der Waals surface area contributed by atoms with Crippen LogP contribution in [0.15, 0.2) is 12.7 Å². The quantitative estimate of drug-likeness (QED) is 0.348. The maximum atomic E-state index is 12.5. The average molecular weight is 314 g/mol. The zero-order chi connectivity index (χ0) is 13.9. The number of ether oxygens (including phenoxy) is 1. The summed E-state index contributed by atoms with van der Waals surface area (Å²) in [5.41, 5.74) is -0.673. The summed E-state index contributed by atoms with van der Waals surface area (Å²) in [7, 11) is 0. The first-order chi connectivity index (χ1) is 7.50. The molecule has 0 aliphatic rings. The van der Waals surface area contributed by atoms with Crippen molar-refractivity contribution in [2.75, 3.05) is 6.54 Å². The molecule has 0 atom stereocenters. The molecule has 17 heavy (non-hydrogen) atoms. The Morgan fingerprint density at radius 3 is 2.18 bits per heavy atom. The van der Waals surface area contributed by atoms with E-state index in [1.54, 1.807) is 20.8 Å². The number of halogens is 3. The van der Waals surface area contributed by atoms with Gasteiger partial charge in [0.1, 0.15) is 0 Å². The molecule has 0 aromatic rings. The summed E-state index contributed by atoms with van der Waals surface area (Å²) in [6.07, 6.45) is 0.269. The number of amides is 1. The van der Waals surface area contributed by atoms with Crippen molar-refractivity contribution in [3.05, 3.63) is 12.7 Å². The van der Waals surface area contributed by atoms with Crippen LogP contribution in [-0.4, -0.2) is 33.9 Å². The number of esters is 1. The van der Waals surface area contributed by atoms with Gasteiger partial charge in [-0.15, -0.1) is 6.58 Å². The van der Waals surface area contributed by atoms with Crippen LogP contribution >= 0.6 is 15.9 Å². The van der Waals surface area contributed by atoms with Crippen molar-refractivity contribution < 1.29 is 23.1 Å². The van der Waals surface area contributed by atoms with Gasteiger partial charge in [-0.3, -0.25) is 4.90 Å². The molecule has 7 heteroatoms. The Kier molecular flexibility index (Phi) is 5.25. The molecule has 0 saturated carbocycles. The lowest BCUT2D eigenvalue weighted by Gasteiger charge is -2.33. The minimum Gasteiger partial charge on any atom is -0.371 e. The highest BCUT2D eigenvalue weighted by molar-refractivity contribution is 9.10. The summed E-state index contributed by atoms with van der Waals surface area (Å²) in [5, 5.41) is 0. The van der Waals surface area contributed by atoms with Crippen molar-refractivity contribution in [1.29, 1.82) is 0 Å². The maximum Gasteiger partial charge on any atom is 0.418 e. The summed E-state index contributed by atoms with van der Waals surface area (Å²) in [6.45, 7) is 8.54. The smallest absolute Gasteiger partial charge is 0.371 e. The van der Waals surface area contributed by atoms with Gasteiger partial charge in [-0.2, -0.15) is 8.78 Å². The highest BCUT2D eigenvalue weighted by Crippen LogP contribution is 2.24. The summed E-state index contributed by atoms with van der Waals surface area (Å²) in [6, 6.07) is 0. The molecule has 0 spiro atoms. The van der Waals surface area contributed by atoms with E-state index in [1.165, 1.54) is 6.08 Å². The standard InChI is InChI=1S/C10H14BrF2NO3/c1-5-6-14(9(2,3)4)8(16)17-7(15)10(11,12)13/h5H,1,6H2,2-4H3. The molecule has 0 aromatic heterocycles. The van der Waals surface area contributed by atoms with Crippen molar-refractivity contribution in [3.8, 4) is 0 Å². The van der Waals surface area contributed by atoms with E-state index in [4.69, 9.17) is 0 Å². The fourth-order valence-electron chi connectivity index (χ4n) is 0.944. The van der Waals surface area contributed by atoms with Gasteiger partial charge < -0.3 is 4.74 Å². The molecule has 0 saturated heterocycles. The minimum absolute atomic E-state index is 0.0868. The molecule has 0 aliphatic heterocycles. The average Bonchev–Trinajstić information content (AvgIpc) is 2.10. The molecule has 0 radical (unpaired) electrons. The van der Waals surface area contributed by atoms with Crippen LogP contribution in [0.5, 0.6) is 0 Å². The van der Waals surface area contributed by atoms with Crippen LogP contribution < -0.4 is 0 Å². The van der Waals surface area contributed by atoms with E-state index in [0.29, 0.717) is 0 Å². The number of nitrogens with zero attached hydrogens (tertiary/aromatic N) is 1. The van der Waals surface area contributed by atoms with Crippen LogP contribution in [0.2, 0.25) is 0 Å². The Hall–Kier alpha value is -0.980. The van der Waals surface area contributed by atoms with Gasteiger partial charge in [-0.25, -0.2) is 9.59 Å². The van der Waals surface area contributed by atoms with Crippen molar-refractivity contribution >= 4 is 28.0 Å². The van der Waals surface area contributed by atoms with Gasteiger partial charge in [0.15, 0.2) is 0 Å². The minimum atomic E-state index is -3.87. The Balaban J connectivity index is 4.77. The van der Waals surface area contributed by atoms with Crippen LogP contribution in [-0.2, 0) is 9.53 Å². The van der Waals surface area contributed by atoms with Gasteiger partial charge in [-0.05, 0) is 20.8 Å². The summed E-state index contributed by atoms with van der Waals surface area (Å²) in [4.78, 5) is 19.6. The molecule has 98 valence electrons. The van der Waals surface area contributed by atoms with Gasteiger partial charge in [0.2, 0.25) is 0 Å². The first-order valence-corrected chi connectivity index (χ1v) is 5.51. The summed E-state index contributed by atoms with van der Waals surface area (Å²) in [5.74, 6) is -1.94. The van der Waals surface area contributed by atoms with E-state index >= 15 is 0 Å². The van der Waals surface area contributed by atoms with Gasteiger partial charge in [0, 0.05) is 28.0 Å². The Bertz CT molecular complexity index is 320. The number of alkyl halides is 3. The molecular formula is C10H14BrF2NO3.